The van der Waals surface area contributed by atoms with Crippen LogP contribution in [-0.4, -0.2) is 4.98 Å². The van der Waals surface area contributed by atoms with Crippen molar-refractivity contribution in [2.45, 2.75) is 6.92 Å². The fourth-order valence-electron chi connectivity index (χ4n) is 1.28. The first-order valence-electron chi connectivity index (χ1n) is 3.79. The predicted octanol–water partition coefficient (Wildman–Crippen LogP) is 3.20. The van der Waals surface area contributed by atoms with E-state index in [2.05, 4.69) is 11.9 Å². The van der Waals surface area contributed by atoms with Gasteiger partial charge in [0, 0.05) is 11.6 Å². The minimum Gasteiger partial charge on any atom is -0.255 e. The van der Waals surface area contributed by atoms with Crippen molar-refractivity contribution in [2.75, 3.05) is 0 Å². The Labute approximate surface area is 76.0 Å². The second-order valence-electron chi connectivity index (χ2n) is 2.76. The number of aromatic nitrogens is 1. The maximum absolute atomic E-state index is 5.97. The van der Waals surface area contributed by atoms with Crippen LogP contribution in [0.4, 0.5) is 0 Å². The van der Waals surface area contributed by atoms with Crippen LogP contribution in [0.1, 0.15) is 5.56 Å². The molecule has 0 aliphatic carbocycles. The molecule has 0 N–H and O–H groups in total. The topological polar surface area (TPSA) is 12.9 Å². The quantitative estimate of drug-likeness (QED) is 0.602. The number of hydrogen-bond donors (Lipinski definition) is 0. The smallest absolute Gasteiger partial charge is 0.0890 e. The van der Waals surface area contributed by atoms with Gasteiger partial charge in [0.1, 0.15) is 0 Å². The molecule has 0 amide bonds. The van der Waals surface area contributed by atoms with Crippen molar-refractivity contribution in [2.24, 2.45) is 0 Å². The van der Waals surface area contributed by atoms with E-state index >= 15 is 0 Å². The van der Waals surface area contributed by atoms with Crippen molar-refractivity contribution in [1.82, 2.24) is 4.98 Å². The zero-order valence-corrected chi connectivity index (χ0v) is 7.47. The summed E-state index contributed by atoms with van der Waals surface area (Å²) in [5.74, 6) is 0. The summed E-state index contributed by atoms with van der Waals surface area (Å²) in [7, 11) is 0. The van der Waals surface area contributed by atoms with Crippen LogP contribution in [0.3, 0.4) is 0 Å². The Balaban J connectivity index is 2.95. The van der Waals surface area contributed by atoms with Crippen molar-refractivity contribution in [1.29, 1.82) is 0 Å². The van der Waals surface area contributed by atoms with Crippen LogP contribution >= 0.6 is 11.6 Å². The monoisotopic (exact) mass is 177 g/mol. The van der Waals surface area contributed by atoms with E-state index in [-0.39, 0.29) is 0 Å². The lowest BCUT2D eigenvalue weighted by atomic mass is 10.1. The zero-order chi connectivity index (χ0) is 8.55. The number of rotatable bonds is 0. The second-order valence-corrected chi connectivity index (χ2v) is 3.17. The Morgan fingerprint density at radius 1 is 1.25 bits per heavy atom. The molecule has 2 rings (SSSR count). The highest BCUT2D eigenvalue weighted by molar-refractivity contribution is 6.35. The molecule has 1 heterocycles. The Bertz CT molecular complexity index is 383. The van der Waals surface area contributed by atoms with Crippen molar-refractivity contribution >= 4 is 22.5 Å². The summed E-state index contributed by atoms with van der Waals surface area (Å²) in [6, 6.07) is 7.84. The number of aryl methyl sites for hydroxylation is 1. The van der Waals surface area contributed by atoms with Crippen molar-refractivity contribution in [3.63, 3.8) is 0 Å². The molecule has 2 heteroatoms. The molecule has 1 aromatic carbocycles. The van der Waals surface area contributed by atoms with E-state index in [1.807, 2.05) is 24.3 Å². The number of hydrogen-bond acceptors (Lipinski definition) is 1. The van der Waals surface area contributed by atoms with E-state index in [9.17, 15) is 0 Å². The van der Waals surface area contributed by atoms with Gasteiger partial charge in [0.05, 0.1) is 10.5 Å². The summed E-state index contributed by atoms with van der Waals surface area (Å²) in [6.45, 7) is 2.06. The van der Waals surface area contributed by atoms with Gasteiger partial charge in [-0.3, -0.25) is 4.98 Å². The molecule has 0 unspecified atom stereocenters. The van der Waals surface area contributed by atoms with E-state index in [0.29, 0.717) is 0 Å². The number of halogens is 1. The molecule has 1 aromatic heterocycles. The van der Waals surface area contributed by atoms with Crippen LogP contribution in [0.2, 0.25) is 5.02 Å². The molecule has 1 nitrogen and oxygen atoms in total. The molecule has 0 aliphatic rings. The Hall–Kier alpha value is -1.08. The van der Waals surface area contributed by atoms with Gasteiger partial charge in [0.15, 0.2) is 0 Å². The molecule has 0 aliphatic heterocycles. The zero-order valence-electron chi connectivity index (χ0n) is 6.71. The third-order valence-corrected chi connectivity index (χ3v) is 2.24. The summed E-state index contributed by atoms with van der Waals surface area (Å²) in [5.41, 5.74) is 2.10. The Morgan fingerprint density at radius 2 is 2.08 bits per heavy atom. The first kappa shape index (κ1) is 7.56. The van der Waals surface area contributed by atoms with Crippen LogP contribution in [-0.2, 0) is 0 Å². The third-order valence-electron chi connectivity index (χ3n) is 1.94. The van der Waals surface area contributed by atoms with Gasteiger partial charge in [-0.1, -0.05) is 23.7 Å². The number of nitrogens with zero attached hydrogens (tertiary/aromatic N) is 1. The van der Waals surface area contributed by atoms with Crippen LogP contribution in [0, 0.1) is 6.92 Å². The van der Waals surface area contributed by atoms with Crippen LogP contribution < -0.4 is 0 Å². The van der Waals surface area contributed by atoms with E-state index < -0.39 is 0 Å². The minimum absolute atomic E-state index is 0.719. The van der Waals surface area contributed by atoms with Gasteiger partial charge in [-0.15, -0.1) is 0 Å². The molecular weight excluding hydrogens is 170 g/mol. The lowest BCUT2D eigenvalue weighted by Gasteiger charge is -2.01. The molecule has 0 saturated heterocycles. The average Bonchev–Trinajstić information content (AvgIpc) is 2.12. The number of pyridine rings is 1. The minimum atomic E-state index is 0.719. The van der Waals surface area contributed by atoms with Crippen molar-refractivity contribution in [3.8, 4) is 0 Å². The fourth-order valence-corrected chi connectivity index (χ4v) is 1.49. The molecule has 2 aromatic rings. The molecule has 12 heavy (non-hydrogen) atoms. The lowest BCUT2D eigenvalue weighted by Crippen LogP contribution is -1.81. The Morgan fingerprint density at radius 3 is 2.83 bits per heavy atom. The molecule has 0 saturated carbocycles. The summed E-state index contributed by atoms with van der Waals surface area (Å²) >= 11 is 5.97. The van der Waals surface area contributed by atoms with Crippen molar-refractivity contribution < 1.29 is 0 Å². The lowest BCUT2D eigenvalue weighted by molar-refractivity contribution is 1.39. The van der Waals surface area contributed by atoms with Crippen molar-refractivity contribution in [3.05, 3.63) is 41.0 Å². The van der Waals surface area contributed by atoms with Gasteiger partial charge in [0.25, 0.3) is 0 Å². The molecule has 0 bridgehead atoms. The standard InChI is InChI=1S/C10H8ClN/c1-7-4-5-9(11)10-8(7)3-2-6-12-10/h2-6H,1H3. The summed E-state index contributed by atoms with van der Waals surface area (Å²) in [5, 5.41) is 1.85. The first-order chi connectivity index (χ1) is 5.79. The highest BCUT2D eigenvalue weighted by atomic mass is 35.5. The van der Waals surface area contributed by atoms with E-state index in [1.54, 1.807) is 6.20 Å². The van der Waals surface area contributed by atoms with Gasteiger partial charge in [0.2, 0.25) is 0 Å². The molecule has 0 radical (unpaired) electrons. The van der Waals surface area contributed by atoms with Crippen LogP contribution in [0.5, 0.6) is 0 Å². The highest BCUT2D eigenvalue weighted by Gasteiger charge is 2.00. The molecule has 0 fully saturated rings. The fraction of sp³-hybridized carbons (Fsp3) is 0.100. The molecule has 0 atom stereocenters. The van der Waals surface area contributed by atoms with Gasteiger partial charge in [-0.25, -0.2) is 0 Å². The van der Waals surface area contributed by atoms with Gasteiger partial charge in [-0.05, 0) is 24.6 Å². The highest BCUT2D eigenvalue weighted by Crippen LogP contribution is 2.23. The third kappa shape index (κ3) is 1.07. The Kier molecular flexibility index (Phi) is 1.74. The number of benzene rings is 1. The largest absolute Gasteiger partial charge is 0.255 e. The van der Waals surface area contributed by atoms with E-state index in [0.717, 1.165) is 15.9 Å². The maximum Gasteiger partial charge on any atom is 0.0890 e. The number of fused-ring (bicyclic) bond motifs is 1. The second kappa shape index (κ2) is 2.76. The van der Waals surface area contributed by atoms with Gasteiger partial charge in [-0.2, -0.15) is 0 Å². The molecule has 60 valence electrons. The SMILES string of the molecule is Cc1ccc(Cl)c2ncccc12. The van der Waals surface area contributed by atoms with Crippen LogP contribution in [0.25, 0.3) is 10.9 Å². The van der Waals surface area contributed by atoms with E-state index in [4.69, 9.17) is 11.6 Å². The molecular formula is C10H8ClN. The van der Waals surface area contributed by atoms with Gasteiger partial charge >= 0.3 is 0 Å². The first-order valence-corrected chi connectivity index (χ1v) is 4.16. The van der Waals surface area contributed by atoms with Crippen LogP contribution in [0.15, 0.2) is 30.5 Å². The maximum atomic E-state index is 5.97. The summed E-state index contributed by atoms with van der Waals surface area (Å²) in [6.07, 6.45) is 1.76. The summed E-state index contributed by atoms with van der Waals surface area (Å²) < 4.78 is 0. The van der Waals surface area contributed by atoms with E-state index in [1.165, 1.54) is 5.56 Å². The predicted molar refractivity (Wildman–Crippen MR) is 51.5 cm³/mol. The molecule has 0 spiro atoms. The van der Waals surface area contributed by atoms with Gasteiger partial charge < -0.3 is 0 Å². The summed E-state index contributed by atoms with van der Waals surface area (Å²) in [4.78, 5) is 4.21. The normalized spacial score (nSPS) is 10.5. The average molecular weight is 178 g/mol.